The van der Waals surface area contributed by atoms with Gasteiger partial charge < -0.3 is 4.90 Å². The predicted octanol–water partition coefficient (Wildman–Crippen LogP) is 3.66. The molecule has 98 valence electrons. The lowest BCUT2D eigenvalue weighted by Crippen LogP contribution is -2.27. The van der Waals surface area contributed by atoms with Gasteiger partial charge >= 0.3 is 0 Å². The van der Waals surface area contributed by atoms with E-state index in [0.29, 0.717) is 17.9 Å². The first-order valence-corrected chi connectivity index (χ1v) is 7.91. The first-order valence-electron chi connectivity index (χ1n) is 5.92. The molecular weight excluding hydrogens is 281 g/mol. The third-order valence-corrected chi connectivity index (χ3v) is 5.05. The highest BCUT2D eigenvalue weighted by molar-refractivity contribution is 8.00. The molecule has 1 aromatic carbocycles. The zero-order valence-corrected chi connectivity index (χ0v) is 11.7. The molecule has 1 unspecified atom stereocenters. The topological polar surface area (TPSA) is 20.3 Å². The van der Waals surface area contributed by atoms with Gasteiger partial charge in [-0.3, -0.25) is 4.79 Å². The number of amides is 1. The summed E-state index contributed by atoms with van der Waals surface area (Å²) in [6.07, 6.45) is 0. The smallest absolute Gasteiger partial charge is 0.234 e. The molecule has 3 rings (SSSR count). The van der Waals surface area contributed by atoms with Crippen molar-refractivity contribution < 1.29 is 9.18 Å². The Morgan fingerprint density at radius 2 is 2.16 bits per heavy atom. The second-order valence-corrected chi connectivity index (χ2v) is 6.18. The second kappa shape index (κ2) is 5.35. The third kappa shape index (κ3) is 2.53. The molecule has 5 heteroatoms. The Kier molecular flexibility index (Phi) is 3.57. The summed E-state index contributed by atoms with van der Waals surface area (Å²) in [7, 11) is 0. The minimum Gasteiger partial charge on any atom is -0.321 e. The van der Waals surface area contributed by atoms with Crippen LogP contribution in [0.15, 0.2) is 41.1 Å². The maximum absolute atomic E-state index is 13.7. The summed E-state index contributed by atoms with van der Waals surface area (Å²) in [5.74, 6) is 0.287. The van der Waals surface area contributed by atoms with E-state index in [-0.39, 0.29) is 17.1 Å². The lowest BCUT2D eigenvalue weighted by Gasteiger charge is -2.23. The molecule has 2 nitrogen and oxygen atoms in total. The van der Waals surface area contributed by atoms with Crippen LogP contribution in [0.5, 0.6) is 0 Å². The van der Waals surface area contributed by atoms with E-state index in [2.05, 4.69) is 0 Å². The largest absolute Gasteiger partial charge is 0.321 e. The lowest BCUT2D eigenvalue weighted by molar-refractivity contribution is -0.128. The molecule has 0 saturated carbocycles. The average Bonchev–Trinajstić information content (AvgIpc) is 3.03. The first-order chi connectivity index (χ1) is 9.25. The monoisotopic (exact) mass is 293 g/mol. The summed E-state index contributed by atoms with van der Waals surface area (Å²) in [4.78, 5) is 13.7. The van der Waals surface area contributed by atoms with Gasteiger partial charge in [-0.25, -0.2) is 4.39 Å². The van der Waals surface area contributed by atoms with Crippen LogP contribution in [-0.2, 0) is 11.3 Å². The van der Waals surface area contributed by atoms with Gasteiger partial charge in [0.15, 0.2) is 0 Å². The van der Waals surface area contributed by atoms with Crippen molar-refractivity contribution in [1.29, 1.82) is 0 Å². The highest BCUT2D eigenvalue weighted by atomic mass is 32.2. The van der Waals surface area contributed by atoms with Gasteiger partial charge in [0.1, 0.15) is 11.2 Å². The van der Waals surface area contributed by atoms with Crippen LogP contribution in [0.25, 0.3) is 0 Å². The number of rotatable bonds is 3. The van der Waals surface area contributed by atoms with Crippen molar-refractivity contribution in [2.75, 3.05) is 5.75 Å². The summed E-state index contributed by atoms with van der Waals surface area (Å²) in [6.45, 7) is 0.332. The van der Waals surface area contributed by atoms with Crippen LogP contribution in [0.3, 0.4) is 0 Å². The molecule has 19 heavy (non-hydrogen) atoms. The molecule has 0 bridgehead atoms. The van der Waals surface area contributed by atoms with E-state index in [1.807, 2.05) is 16.8 Å². The normalized spacial score (nSPS) is 19.1. The van der Waals surface area contributed by atoms with Gasteiger partial charge in [-0.05, 0) is 28.5 Å². The second-order valence-electron chi connectivity index (χ2n) is 4.33. The first kappa shape index (κ1) is 12.7. The minimum atomic E-state index is -0.253. The molecule has 0 spiro atoms. The molecule has 0 radical (unpaired) electrons. The van der Waals surface area contributed by atoms with E-state index >= 15 is 0 Å². The third-order valence-electron chi connectivity index (χ3n) is 3.09. The van der Waals surface area contributed by atoms with Gasteiger partial charge in [0.05, 0.1) is 5.75 Å². The molecular formula is C14H12FNOS2. The van der Waals surface area contributed by atoms with Crippen molar-refractivity contribution in [3.63, 3.8) is 0 Å². The van der Waals surface area contributed by atoms with Gasteiger partial charge in [-0.15, -0.1) is 11.8 Å². The van der Waals surface area contributed by atoms with Crippen LogP contribution in [0, 0.1) is 5.82 Å². The fourth-order valence-electron chi connectivity index (χ4n) is 2.13. The lowest BCUT2D eigenvalue weighted by atomic mass is 10.2. The number of halogens is 1. The van der Waals surface area contributed by atoms with Crippen LogP contribution in [0.1, 0.15) is 16.5 Å². The maximum Gasteiger partial charge on any atom is 0.234 e. The fourth-order valence-corrected chi connectivity index (χ4v) is 4.07. The van der Waals surface area contributed by atoms with Gasteiger partial charge in [0.25, 0.3) is 0 Å². The number of hydrogen-bond donors (Lipinski definition) is 0. The highest BCUT2D eigenvalue weighted by Crippen LogP contribution is 2.40. The van der Waals surface area contributed by atoms with Crippen LogP contribution >= 0.6 is 23.1 Å². The molecule has 2 aromatic rings. The number of benzene rings is 1. The molecule has 1 fully saturated rings. The SMILES string of the molecule is O=C1CSC(c2ccsc2)N1Cc1ccccc1F. The Hall–Kier alpha value is -1.33. The summed E-state index contributed by atoms with van der Waals surface area (Å²) in [6, 6.07) is 8.65. The van der Waals surface area contributed by atoms with E-state index in [4.69, 9.17) is 0 Å². The molecule has 0 N–H and O–H groups in total. The van der Waals surface area contributed by atoms with Crippen molar-refractivity contribution in [3.8, 4) is 0 Å². The molecule has 1 amide bonds. The molecule has 1 saturated heterocycles. The van der Waals surface area contributed by atoms with Gasteiger partial charge in [0, 0.05) is 12.1 Å². The zero-order chi connectivity index (χ0) is 13.2. The maximum atomic E-state index is 13.7. The number of hydrogen-bond acceptors (Lipinski definition) is 3. The molecule has 0 aliphatic carbocycles. The van der Waals surface area contributed by atoms with Crippen molar-refractivity contribution in [3.05, 3.63) is 58.0 Å². The van der Waals surface area contributed by atoms with Crippen LogP contribution in [-0.4, -0.2) is 16.6 Å². The Balaban J connectivity index is 1.85. The van der Waals surface area contributed by atoms with E-state index in [1.165, 1.54) is 6.07 Å². The fraction of sp³-hybridized carbons (Fsp3) is 0.214. The zero-order valence-electron chi connectivity index (χ0n) is 10.1. The van der Waals surface area contributed by atoms with E-state index in [0.717, 1.165) is 5.56 Å². The van der Waals surface area contributed by atoms with Gasteiger partial charge in [0.2, 0.25) is 5.91 Å². The van der Waals surface area contributed by atoms with Crippen molar-refractivity contribution in [1.82, 2.24) is 4.90 Å². The number of thioether (sulfide) groups is 1. The number of nitrogens with zero attached hydrogens (tertiary/aromatic N) is 1. The number of carbonyl (C=O) groups excluding carboxylic acids is 1. The minimum absolute atomic E-state index is 0.0124. The predicted molar refractivity (Wildman–Crippen MR) is 76.5 cm³/mol. The van der Waals surface area contributed by atoms with Gasteiger partial charge in [-0.1, -0.05) is 18.2 Å². The Labute approximate surface area is 119 Å². The summed E-state index contributed by atoms with van der Waals surface area (Å²) >= 11 is 3.22. The van der Waals surface area contributed by atoms with Crippen molar-refractivity contribution >= 4 is 29.0 Å². The van der Waals surface area contributed by atoms with Crippen molar-refractivity contribution in [2.24, 2.45) is 0 Å². The number of thiophene rings is 1. The van der Waals surface area contributed by atoms with Crippen LogP contribution < -0.4 is 0 Å². The Morgan fingerprint density at radius 1 is 1.32 bits per heavy atom. The van der Waals surface area contributed by atoms with E-state index < -0.39 is 0 Å². The van der Waals surface area contributed by atoms with Crippen molar-refractivity contribution in [2.45, 2.75) is 11.9 Å². The Morgan fingerprint density at radius 3 is 2.89 bits per heavy atom. The summed E-state index contributed by atoms with van der Waals surface area (Å²) in [5, 5.41) is 4.06. The standard InChI is InChI=1S/C14H12FNOS2/c15-12-4-2-1-3-10(12)7-16-13(17)9-19-14(16)11-5-6-18-8-11/h1-6,8,14H,7,9H2. The number of carbonyl (C=O) groups is 1. The summed E-state index contributed by atoms with van der Waals surface area (Å²) in [5.41, 5.74) is 1.69. The highest BCUT2D eigenvalue weighted by Gasteiger charge is 2.33. The van der Waals surface area contributed by atoms with Crippen LogP contribution in [0.2, 0.25) is 0 Å². The quantitative estimate of drug-likeness (QED) is 0.860. The average molecular weight is 293 g/mol. The van der Waals surface area contributed by atoms with E-state index in [9.17, 15) is 9.18 Å². The molecule has 1 atom stereocenters. The van der Waals surface area contributed by atoms with Crippen LogP contribution in [0.4, 0.5) is 4.39 Å². The molecule has 1 aliphatic heterocycles. The molecule has 1 aliphatic rings. The molecule has 2 heterocycles. The van der Waals surface area contributed by atoms with E-state index in [1.54, 1.807) is 46.2 Å². The van der Waals surface area contributed by atoms with Gasteiger partial charge in [-0.2, -0.15) is 11.3 Å². The Bertz CT molecular complexity index is 585. The molecule has 1 aromatic heterocycles. The summed E-state index contributed by atoms with van der Waals surface area (Å²) < 4.78 is 13.7.